The van der Waals surface area contributed by atoms with Crippen LogP contribution in [0.3, 0.4) is 0 Å². The number of anilines is 1. The van der Waals surface area contributed by atoms with Crippen LogP contribution < -0.4 is 5.32 Å². The van der Waals surface area contributed by atoms with E-state index in [1.807, 2.05) is 43.4 Å². The Kier molecular flexibility index (Phi) is 4.45. The number of rotatable bonds is 4. The molecule has 3 nitrogen and oxygen atoms in total. The minimum absolute atomic E-state index is 1.03. The second kappa shape index (κ2) is 6.50. The fourth-order valence-electron chi connectivity index (χ4n) is 1.59. The summed E-state index contributed by atoms with van der Waals surface area (Å²) in [7, 11) is 1.90. The predicted molar refractivity (Wildman–Crippen MR) is 82.4 cm³/mol. The van der Waals surface area contributed by atoms with Gasteiger partial charge >= 0.3 is 0 Å². The Morgan fingerprint density at radius 2 is 1.26 bits per heavy atom. The van der Waals surface area contributed by atoms with E-state index in [9.17, 15) is 0 Å². The molecule has 0 radical (unpaired) electrons. The molecule has 0 heterocycles. The minimum Gasteiger partial charge on any atom is -0.388 e. The minimum atomic E-state index is 1.03. The molecule has 2 aromatic rings. The summed E-state index contributed by atoms with van der Waals surface area (Å²) in [6.45, 7) is 2.06. The molecular weight excluding hydrogens is 234 g/mol. The number of nitrogens with one attached hydrogen (secondary N) is 1. The standard InChI is InChI=1S/C16H17N3/c1-13-3-5-14(6-4-13)11-18-19-12-15-7-9-16(17-2)10-8-15/h3-12,17H,1-2H3/b18-11+,19-12+. The van der Waals surface area contributed by atoms with Crippen molar-refractivity contribution < 1.29 is 0 Å². The average molecular weight is 251 g/mol. The first-order chi connectivity index (χ1) is 9.28. The van der Waals surface area contributed by atoms with Gasteiger partial charge in [-0.2, -0.15) is 10.2 Å². The van der Waals surface area contributed by atoms with Gasteiger partial charge < -0.3 is 5.32 Å². The van der Waals surface area contributed by atoms with Gasteiger partial charge in [-0.05, 0) is 30.2 Å². The molecule has 0 bridgehead atoms. The summed E-state index contributed by atoms with van der Waals surface area (Å²) in [5.74, 6) is 0. The van der Waals surface area contributed by atoms with Crippen LogP contribution in [0, 0.1) is 6.92 Å². The van der Waals surface area contributed by atoms with E-state index in [0.717, 1.165) is 16.8 Å². The van der Waals surface area contributed by atoms with Gasteiger partial charge in [0.1, 0.15) is 0 Å². The van der Waals surface area contributed by atoms with Crippen molar-refractivity contribution in [3.05, 3.63) is 65.2 Å². The first kappa shape index (κ1) is 13.0. The summed E-state index contributed by atoms with van der Waals surface area (Å²) >= 11 is 0. The number of hydrogen-bond donors (Lipinski definition) is 1. The second-order valence-corrected chi connectivity index (χ2v) is 4.27. The molecule has 0 atom stereocenters. The van der Waals surface area contributed by atoms with Crippen molar-refractivity contribution in [2.75, 3.05) is 12.4 Å². The SMILES string of the molecule is CNc1ccc(/C=N/N=C/c2ccc(C)cc2)cc1. The van der Waals surface area contributed by atoms with Crippen molar-refractivity contribution in [2.24, 2.45) is 10.2 Å². The molecule has 0 aliphatic heterocycles. The van der Waals surface area contributed by atoms with E-state index in [4.69, 9.17) is 0 Å². The molecule has 0 fully saturated rings. The third-order valence-corrected chi connectivity index (χ3v) is 2.76. The molecule has 3 heteroatoms. The third-order valence-electron chi connectivity index (χ3n) is 2.76. The lowest BCUT2D eigenvalue weighted by Crippen LogP contribution is -1.88. The van der Waals surface area contributed by atoms with E-state index in [-0.39, 0.29) is 0 Å². The van der Waals surface area contributed by atoms with Crippen LogP contribution in [-0.2, 0) is 0 Å². The Labute approximate surface area is 113 Å². The van der Waals surface area contributed by atoms with Crippen LogP contribution in [0.15, 0.2) is 58.7 Å². The lowest BCUT2D eigenvalue weighted by molar-refractivity contribution is 1.26. The molecule has 0 saturated heterocycles. The van der Waals surface area contributed by atoms with Crippen LogP contribution in [0.1, 0.15) is 16.7 Å². The smallest absolute Gasteiger partial charge is 0.0568 e. The zero-order valence-electron chi connectivity index (χ0n) is 11.2. The summed E-state index contributed by atoms with van der Waals surface area (Å²) < 4.78 is 0. The first-order valence-corrected chi connectivity index (χ1v) is 6.19. The van der Waals surface area contributed by atoms with Gasteiger partial charge in [-0.3, -0.25) is 0 Å². The molecule has 0 aliphatic rings. The lowest BCUT2D eigenvalue weighted by Gasteiger charge is -1.98. The molecule has 2 rings (SSSR count). The molecule has 0 saturated carbocycles. The van der Waals surface area contributed by atoms with Crippen molar-refractivity contribution in [1.82, 2.24) is 0 Å². The van der Waals surface area contributed by atoms with Gasteiger partial charge in [0.2, 0.25) is 0 Å². The highest BCUT2D eigenvalue weighted by Crippen LogP contribution is 2.06. The molecule has 96 valence electrons. The van der Waals surface area contributed by atoms with Crippen molar-refractivity contribution in [2.45, 2.75) is 6.92 Å². The normalized spacial score (nSPS) is 11.3. The molecule has 0 amide bonds. The Morgan fingerprint density at radius 3 is 1.74 bits per heavy atom. The number of aryl methyl sites for hydroxylation is 1. The van der Waals surface area contributed by atoms with E-state index in [2.05, 4.69) is 34.6 Å². The second-order valence-electron chi connectivity index (χ2n) is 4.27. The third kappa shape index (κ3) is 4.07. The fraction of sp³-hybridized carbons (Fsp3) is 0.125. The van der Waals surface area contributed by atoms with Crippen molar-refractivity contribution >= 4 is 18.1 Å². The topological polar surface area (TPSA) is 36.8 Å². The maximum absolute atomic E-state index is 4.04. The Morgan fingerprint density at radius 1 is 0.789 bits per heavy atom. The van der Waals surface area contributed by atoms with Gasteiger partial charge in [-0.1, -0.05) is 42.0 Å². The molecule has 0 unspecified atom stereocenters. The van der Waals surface area contributed by atoms with Crippen LogP contribution in [0.4, 0.5) is 5.69 Å². The number of hydrogen-bond acceptors (Lipinski definition) is 3. The van der Waals surface area contributed by atoms with Crippen LogP contribution in [0.25, 0.3) is 0 Å². The van der Waals surface area contributed by atoms with Gasteiger partial charge in [-0.15, -0.1) is 0 Å². The van der Waals surface area contributed by atoms with Gasteiger partial charge in [-0.25, -0.2) is 0 Å². The highest BCUT2D eigenvalue weighted by molar-refractivity contribution is 5.83. The largest absolute Gasteiger partial charge is 0.388 e. The molecule has 0 aliphatic carbocycles. The molecular formula is C16H17N3. The van der Waals surface area contributed by atoms with E-state index < -0.39 is 0 Å². The summed E-state index contributed by atoms with van der Waals surface area (Å²) in [6, 6.07) is 16.2. The fourth-order valence-corrected chi connectivity index (χ4v) is 1.59. The van der Waals surface area contributed by atoms with Crippen LogP contribution in [-0.4, -0.2) is 19.5 Å². The van der Waals surface area contributed by atoms with E-state index in [0.29, 0.717) is 0 Å². The van der Waals surface area contributed by atoms with Crippen LogP contribution in [0.2, 0.25) is 0 Å². The highest BCUT2D eigenvalue weighted by Gasteiger charge is 1.89. The van der Waals surface area contributed by atoms with Gasteiger partial charge in [0.05, 0.1) is 12.4 Å². The summed E-state index contributed by atoms with van der Waals surface area (Å²) in [5, 5.41) is 11.2. The van der Waals surface area contributed by atoms with E-state index in [1.165, 1.54) is 5.56 Å². The lowest BCUT2D eigenvalue weighted by atomic mass is 10.2. The monoisotopic (exact) mass is 251 g/mol. The molecule has 0 aromatic heterocycles. The molecule has 0 spiro atoms. The predicted octanol–water partition coefficient (Wildman–Crippen LogP) is 3.49. The number of benzene rings is 2. The van der Waals surface area contributed by atoms with Gasteiger partial charge in [0.25, 0.3) is 0 Å². The van der Waals surface area contributed by atoms with Crippen molar-refractivity contribution in [3.63, 3.8) is 0 Å². The van der Waals surface area contributed by atoms with Crippen LogP contribution >= 0.6 is 0 Å². The van der Waals surface area contributed by atoms with Gasteiger partial charge in [0.15, 0.2) is 0 Å². The zero-order chi connectivity index (χ0) is 13.5. The van der Waals surface area contributed by atoms with E-state index in [1.54, 1.807) is 12.4 Å². The maximum atomic E-state index is 4.04. The first-order valence-electron chi connectivity index (χ1n) is 6.19. The van der Waals surface area contributed by atoms with Crippen LogP contribution in [0.5, 0.6) is 0 Å². The number of nitrogens with zero attached hydrogens (tertiary/aromatic N) is 2. The van der Waals surface area contributed by atoms with Crippen molar-refractivity contribution in [3.8, 4) is 0 Å². The summed E-state index contributed by atoms with van der Waals surface area (Å²) in [4.78, 5) is 0. The Balaban J connectivity index is 1.96. The van der Waals surface area contributed by atoms with Gasteiger partial charge in [0, 0.05) is 12.7 Å². The molecule has 2 aromatic carbocycles. The van der Waals surface area contributed by atoms with Crippen molar-refractivity contribution in [1.29, 1.82) is 0 Å². The summed E-state index contributed by atoms with van der Waals surface area (Å²) in [6.07, 6.45) is 3.49. The average Bonchev–Trinajstić information content (AvgIpc) is 2.46. The Hall–Kier alpha value is -2.42. The van der Waals surface area contributed by atoms with E-state index >= 15 is 0 Å². The molecule has 19 heavy (non-hydrogen) atoms. The Bertz CT molecular complexity index is 566. The quantitative estimate of drug-likeness (QED) is 0.655. The zero-order valence-corrected chi connectivity index (χ0v) is 11.2. The highest BCUT2D eigenvalue weighted by atomic mass is 15.2. The molecule has 1 N–H and O–H groups in total. The maximum Gasteiger partial charge on any atom is 0.0568 e. The summed E-state index contributed by atoms with van der Waals surface area (Å²) in [5.41, 5.74) is 4.40.